The molecule has 0 radical (unpaired) electrons. The molecule has 0 spiro atoms. The molecule has 2 N–H and O–H groups in total. The maximum absolute atomic E-state index is 10.8. The Labute approximate surface area is 153 Å². The van der Waals surface area contributed by atoms with Gasteiger partial charge in [-0.15, -0.1) is 0 Å². The van der Waals surface area contributed by atoms with Gasteiger partial charge in [0.1, 0.15) is 0 Å². The Hall–Kier alpha value is -2.67. The molecule has 0 saturated heterocycles. The van der Waals surface area contributed by atoms with E-state index in [4.69, 9.17) is 5.21 Å². The van der Waals surface area contributed by atoms with Crippen LogP contribution in [-0.4, -0.2) is 10.9 Å². The second-order valence-electron chi connectivity index (χ2n) is 5.26. The number of rotatable bonds is 5. The summed E-state index contributed by atoms with van der Waals surface area (Å²) in [5, 5.41) is 24.1. The molecule has 0 heterocycles. The topological polar surface area (TPSA) is 70.9 Å². The van der Waals surface area contributed by atoms with Crippen LogP contribution in [0.15, 0.2) is 88.4 Å². The van der Waals surface area contributed by atoms with Crippen LogP contribution in [0.4, 0.5) is 11.4 Å². The molecule has 25 heavy (non-hydrogen) atoms. The summed E-state index contributed by atoms with van der Waals surface area (Å²) in [5.74, 6) is 0. The van der Waals surface area contributed by atoms with Crippen LogP contribution in [0.25, 0.3) is 0 Å². The molecule has 0 bridgehead atoms. The maximum atomic E-state index is 10.8. The zero-order valence-electron chi connectivity index (χ0n) is 13.1. The first kappa shape index (κ1) is 17.2. The fourth-order valence-electron chi connectivity index (χ4n) is 2.28. The highest BCUT2D eigenvalue weighted by Crippen LogP contribution is 2.18. The van der Waals surface area contributed by atoms with E-state index >= 15 is 0 Å². The fourth-order valence-corrected chi connectivity index (χ4v) is 2.55. The van der Waals surface area contributed by atoms with Gasteiger partial charge in [-0.05, 0) is 36.4 Å². The van der Waals surface area contributed by atoms with Crippen LogP contribution < -0.4 is 10.7 Å². The van der Waals surface area contributed by atoms with Gasteiger partial charge in [0, 0.05) is 15.6 Å². The van der Waals surface area contributed by atoms with Gasteiger partial charge in [-0.25, -0.2) is 0 Å². The van der Waals surface area contributed by atoms with Crippen molar-refractivity contribution >= 4 is 33.0 Å². The van der Waals surface area contributed by atoms with Crippen LogP contribution in [0.1, 0.15) is 11.1 Å². The average Bonchev–Trinajstić information content (AvgIpc) is 2.64. The number of halogens is 1. The first-order chi connectivity index (χ1) is 12.1. The van der Waals surface area contributed by atoms with Crippen molar-refractivity contribution in [1.82, 2.24) is 0 Å². The van der Waals surface area contributed by atoms with Crippen LogP contribution in [-0.2, 0) is 0 Å². The van der Waals surface area contributed by atoms with Gasteiger partial charge < -0.3 is 10.4 Å². The van der Waals surface area contributed by atoms with E-state index in [1.165, 1.54) is 12.1 Å². The number of nitrogens with zero attached hydrogens (tertiary/aromatic N) is 2. The largest absolute Gasteiger partial charge is 0.733 e. The van der Waals surface area contributed by atoms with Crippen molar-refractivity contribution in [3.8, 4) is 0 Å². The normalized spacial score (nSPS) is 11.2. The molecule has 5 nitrogen and oxygen atoms in total. The van der Waals surface area contributed by atoms with E-state index in [0.29, 0.717) is 5.69 Å². The van der Waals surface area contributed by atoms with Crippen molar-refractivity contribution in [1.29, 1.82) is 0 Å². The Balaban J connectivity index is 1.91. The van der Waals surface area contributed by atoms with Gasteiger partial charge in [0.15, 0.2) is 0 Å². The lowest BCUT2D eigenvalue weighted by Crippen LogP contribution is -2.07. The van der Waals surface area contributed by atoms with E-state index in [2.05, 4.69) is 26.5 Å². The summed E-state index contributed by atoms with van der Waals surface area (Å²) in [5.41, 5.74) is 6.61. The molecule has 3 rings (SSSR count). The SMILES string of the molecule is [O-]N(O)c1ccc(NN=C(c2ccccc2)c2ccc(Br)cc2)cc1. The molecule has 0 aliphatic carbocycles. The minimum absolute atomic E-state index is 0.158. The number of nitrogens with one attached hydrogen (secondary N) is 1. The molecule has 0 atom stereocenters. The molecule has 0 aromatic heterocycles. The second kappa shape index (κ2) is 7.94. The molecule has 0 fully saturated rings. The molecule has 0 aliphatic rings. The van der Waals surface area contributed by atoms with Crippen molar-refractivity contribution in [2.75, 3.05) is 10.7 Å². The van der Waals surface area contributed by atoms with Gasteiger partial charge in [0.05, 0.1) is 17.1 Å². The number of hydrogen-bond donors (Lipinski definition) is 2. The van der Waals surface area contributed by atoms with Gasteiger partial charge in [0.2, 0.25) is 0 Å². The lowest BCUT2D eigenvalue weighted by Gasteiger charge is -2.21. The Kier molecular flexibility index (Phi) is 5.45. The standard InChI is InChI=1S/C19H15BrN3O2/c20-16-8-6-15(7-9-16)19(14-4-2-1-3-5-14)22-21-17-10-12-18(13-11-17)23(24)25/h1-13,21,24H/q-1. The minimum Gasteiger partial charge on any atom is -0.733 e. The van der Waals surface area contributed by atoms with Gasteiger partial charge >= 0.3 is 0 Å². The summed E-state index contributed by atoms with van der Waals surface area (Å²) in [6.45, 7) is 0. The van der Waals surface area contributed by atoms with Crippen LogP contribution in [0.3, 0.4) is 0 Å². The highest BCUT2D eigenvalue weighted by atomic mass is 79.9. The quantitative estimate of drug-likeness (QED) is 0.469. The monoisotopic (exact) mass is 396 g/mol. The molecule has 3 aromatic carbocycles. The summed E-state index contributed by atoms with van der Waals surface area (Å²) in [6, 6.07) is 24.1. The van der Waals surface area contributed by atoms with Crippen LogP contribution in [0.2, 0.25) is 0 Å². The third kappa shape index (κ3) is 4.45. The highest BCUT2D eigenvalue weighted by molar-refractivity contribution is 9.10. The molecule has 0 aliphatic heterocycles. The van der Waals surface area contributed by atoms with Crippen molar-refractivity contribution in [3.63, 3.8) is 0 Å². The van der Waals surface area contributed by atoms with Crippen molar-refractivity contribution in [3.05, 3.63) is 99.7 Å². The van der Waals surface area contributed by atoms with E-state index < -0.39 is 0 Å². The van der Waals surface area contributed by atoms with Crippen LogP contribution >= 0.6 is 15.9 Å². The van der Waals surface area contributed by atoms with E-state index in [0.717, 1.165) is 21.3 Å². The maximum Gasteiger partial charge on any atom is 0.0977 e. The van der Waals surface area contributed by atoms with Crippen LogP contribution in [0.5, 0.6) is 0 Å². The Morgan fingerprint density at radius 1 is 0.880 bits per heavy atom. The second-order valence-corrected chi connectivity index (χ2v) is 6.18. The third-order valence-electron chi connectivity index (χ3n) is 3.55. The van der Waals surface area contributed by atoms with Gasteiger partial charge in [-0.2, -0.15) is 5.10 Å². The predicted molar refractivity (Wildman–Crippen MR) is 104 cm³/mol. The molecule has 6 heteroatoms. The molecule has 0 saturated carbocycles. The fraction of sp³-hybridized carbons (Fsp3) is 0. The number of benzene rings is 3. The predicted octanol–water partition coefficient (Wildman–Crippen LogP) is 5.01. The summed E-state index contributed by atoms with van der Waals surface area (Å²) >= 11 is 3.44. The smallest absolute Gasteiger partial charge is 0.0977 e. The molecular weight excluding hydrogens is 382 g/mol. The Bertz CT molecular complexity index is 848. The highest BCUT2D eigenvalue weighted by Gasteiger charge is 2.07. The number of hydrazone groups is 1. The van der Waals surface area contributed by atoms with Crippen molar-refractivity contribution < 1.29 is 5.21 Å². The number of anilines is 2. The third-order valence-corrected chi connectivity index (χ3v) is 4.08. The van der Waals surface area contributed by atoms with Gasteiger partial charge in [-0.1, -0.05) is 58.4 Å². The molecule has 0 amide bonds. The zero-order valence-corrected chi connectivity index (χ0v) is 14.7. The van der Waals surface area contributed by atoms with E-state index in [9.17, 15) is 5.21 Å². The minimum atomic E-state index is -0.176. The molecule has 3 aromatic rings. The number of hydrogen-bond acceptors (Lipinski definition) is 5. The summed E-state index contributed by atoms with van der Waals surface area (Å²) < 4.78 is 0.999. The Morgan fingerprint density at radius 3 is 2.08 bits per heavy atom. The van der Waals surface area contributed by atoms with E-state index in [-0.39, 0.29) is 10.9 Å². The summed E-state index contributed by atoms with van der Waals surface area (Å²) in [7, 11) is 0. The first-order valence-corrected chi connectivity index (χ1v) is 8.34. The molecule has 126 valence electrons. The average molecular weight is 397 g/mol. The summed E-state index contributed by atoms with van der Waals surface area (Å²) in [4.78, 5) is 0. The molecule has 0 unspecified atom stereocenters. The van der Waals surface area contributed by atoms with E-state index in [1.54, 1.807) is 12.1 Å². The van der Waals surface area contributed by atoms with Gasteiger partial charge in [0.25, 0.3) is 0 Å². The Morgan fingerprint density at radius 2 is 1.48 bits per heavy atom. The zero-order chi connectivity index (χ0) is 17.6. The summed E-state index contributed by atoms with van der Waals surface area (Å²) in [6.07, 6.45) is 0. The first-order valence-electron chi connectivity index (χ1n) is 7.55. The van der Waals surface area contributed by atoms with Crippen molar-refractivity contribution in [2.24, 2.45) is 5.10 Å². The molecular formula is C19H15BrN3O2-. The lowest BCUT2D eigenvalue weighted by atomic mass is 10.0. The van der Waals surface area contributed by atoms with E-state index in [1.807, 2.05) is 54.6 Å². The van der Waals surface area contributed by atoms with Crippen molar-refractivity contribution in [2.45, 2.75) is 0 Å². The van der Waals surface area contributed by atoms with Crippen LogP contribution in [0, 0.1) is 5.21 Å². The lowest BCUT2D eigenvalue weighted by molar-refractivity contribution is 0.296. The van der Waals surface area contributed by atoms with Gasteiger partial charge in [-0.3, -0.25) is 10.6 Å².